The van der Waals surface area contributed by atoms with Gasteiger partial charge < -0.3 is 4.90 Å². The van der Waals surface area contributed by atoms with E-state index in [1.165, 1.54) is 11.8 Å². The predicted molar refractivity (Wildman–Crippen MR) is 108 cm³/mol. The molecule has 1 aliphatic rings. The molecule has 122 valence electrons. The molecule has 0 N–H and O–H groups in total. The number of benzene rings is 2. The highest BCUT2D eigenvalue weighted by atomic mass is 32.2. The first kappa shape index (κ1) is 16.7. The van der Waals surface area contributed by atoms with Gasteiger partial charge in [0.1, 0.15) is 0 Å². The Kier molecular flexibility index (Phi) is 4.73. The van der Waals surface area contributed by atoms with E-state index < -0.39 is 0 Å². The maximum Gasteiger partial charge on any atom is 0.270 e. The molecule has 2 aromatic rings. The molecule has 0 unspecified atom stereocenters. The van der Waals surface area contributed by atoms with Gasteiger partial charge in [0.25, 0.3) is 5.91 Å². The summed E-state index contributed by atoms with van der Waals surface area (Å²) in [5.41, 5.74) is 4.08. The zero-order valence-corrected chi connectivity index (χ0v) is 15.4. The molecule has 0 radical (unpaired) electrons. The van der Waals surface area contributed by atoms with Crippen molar-refractivity contribution in [1.82, 2.24) is 0 Å². The molecule has 0 aromatic heterocycles. The van der Waals surface area contributed by atoms with Crippen LogP contribution in [0.1, 0.15) is 11.1 Å². The zero-order chi connectivity index (χ0) is 17.3. The fraction of sp³-hybridized carbons (Fsp3) is 0.158. The van der Waals surface area contributed by atoms with E-state index in [9.17, 15) is 4.79 Å². The van der Waals surface area contributed by atoms with Crippen molar-refractivity contribution < 1.29 is 4.79 Å². The van der Waals surface area contributed by atoms with Crippen LogP contribution in [0.15, 0.2) is 53.4 Å². The fourth-order valence-electron chi connectivity index (χ4n) is 2.40. The van der Waals surface area contributed by atoms with Gasteiger partial charge in [0.2, 0.25) is 0 Å². The number of nitrogens with zero attached hydrogens (tertiary/aromatic N) is 2. The molecule has 0 atom stereocenters. The number of carbonyl (C=O) groups is 1. The van der Waals surface area contributed by atoms with Crippen LogP contribution in [0.2, 0.25) is 0 Å². The van der Waals surface area contributed by atoms with Gasteiger partial charge in [-0.3, -0.25) is 9.69 Å². The second kappa shape index (κ2) is 6.79. The number of thiocarbonyl (C=S) groups is 1. The summed E-state index contributed by atoms with van der Waals surface area (Å²) >= 11 is 6.75. The highest BCUT2D eigenvalue weighted by molar-refractivity contribution is 8.27. The van der Waals surface area contributed by atoms with E-state index >= 15 is 0 Å². The first-order chi connectivity index (χ1) is 11.5. The number of anilines is 2. The minimum Gasteiger partial charge on any atom is -0.378 e. The van der Waals surface area contributed by atoms with Crippen molar-refractivity contribution in [1.29, 1.82) is 0 Å². The summed E-state index contributed by atoms with van der Waals surface area (Å²) in [6, 6.07) is 15.9. The Hall–Kier alpha value is -2.11. The predicted octanol–water partition coefficient (Wildman–Crippen LogP) is 4.47. The van der Waals surface area contributed by atoms with Gasteiger partial charge in [0, 0.05) is 19.8 Å². The average Bonchev–Trinajstić information content (AvgIpc) is 2.83. The van der Waals surface area contributed by atoms with E-state index in [2.05, 4.69) is 0 Å². The SMILES string of the molecule is Cc1ccc(N2C(=O)/C(=C/c3ccc(N(C)C)cc3)SC2=S)cc1. The van der Waals surface area contributed by atoms with Gasteiger partial charge in [-0.1, -0.05) is 53.8 Å². The van der Waals surface area contributed by atoms with Crippen LogP contribution < -0.4 is 9.80 Å². The molecule has 5 heteroatoms. The third kappa shape index (κ3) is 3.37. The minimum absolute atomic E-state index is 0.0643. The van der Waals surface area contributed by atoms with Crippen LogP contribution in [0.25, 0.3) is 6.08 Å². The molecular formula is C19H18N2OS2. The summed E-state index contributed by atoms with van der Waals surface area (Å²) < 4.78 is 0.569. The fourth-order valence-corrected chi connectivity index (χ4v) is 3.70. The van der Waals surface area contributed by atoms with Crippen LogP contribution in [0, 0.1) is 6.92 Å². The summed E-state index contributed by atoms with van der Waals surface area (Å²) in [6.07, 6.45) is 1.90. The van der Waals surface area contributed by atoms with Crippen LogP contribution in [-0.4, -0.2) is 24.3 Å². The average molecular weight is 355 g/mol. The van der Waals surface area contributed by atoms with Gasteiger partial charge in [-0.15, -0.1) is 0 Å². The van der Waals surface area contributed by atoms with E-state index in [4.69, 9.17) is 12.2 Å². The van der Waals surface area contributed by atoms with Crippen LogP contribution in [-0.2, 0) is 4.79 Å². The van der Waals surface area contributed by atoms with Gasteiger partial charge in [0.15, 0.2) is 4.32 Å². The molecule has 0 spiro atoms. The lowest BCUT2D eigenvalue weighted by Gasteiger charge is -2.14. The van der Waals surface area contributed by atoms with E-state index in [1.807, 2.05) is 80.5 Å². The molecule has 3 rings (SSSR count). The molecule has 1 heterocycles. The smallest absolute Gasteiger partial charge is 0.270 e. The van der Waals surface area contributed by atoms with Gasteiger partial charge >= 0.3 is 0 Å². The lowest BCUT2D eigenvalue weighted by Crippen LogP contribution is -2.27. The normalized spacial score (nSPS) is 16.1. The number of hydrogen-bond donors (Lipinski definition) is 0. The molecular weight excluding hydrogens is 336 g/mol. The summed E-state index contributed by atoms with van der Waals surface area (Å²) in [4.78, 5) is 17.0. The van der Waals surface area contributed by atoms with E-state index in [0.717, 1.165) is 22.5 Å². The van der Waals surface area contributed by atoms with Crippen LogP contribution in [0.4, 0.5) is 11.4 Å². The van der Waals surface area contributed by atoms with E-state index in [1.54, 1.807) is 4.90 Å². The van der Waals surface area contributed by atoms with Crippen molar-refractivity contribution in [3.8, 4) is 0 Å². The maximum atomic E-state index is 12.7. The van der Waals surface area contributed by atoms with Crippen molar-refractivity contribution >= 4 is 51.7 Å². The Balaban J connectivity index is 1.86. The van der Waals surface area contributed by atoms with Crippen LogP contribution >= 0.6 is 24.0 Å². The van der Waals surface area contributed by atoms with Crippen molar-refractivity contribution in [2.75, 3.05) is 23.9 Å². The molecule has 0 bridgehead atoms. The molecule has 0 aliphatic carbocycles. The molecule has 1 aliphatic heterocycles. The Labute approximate surface area is 152 Å². The Morgan fingerprint density at radius 2 is 1.67 bits per heavy atom. The number of thioether (sulfide) groups is 1. The summed E-state index contributed by atoms with van der Waals surface area (Å²) in [5.74, 6) is -0.0643. The highest BCUT2D eigenvalue weighted by Crippen LogP contribution is 2.36. The third-order valence-corrected chi connectivity index (χ3v) is 5.10. The van der Waals surface area contributed by atoms with Gasteiger partial charge in [-0.2, -0.15) is 0 Å². The second-order valence-corrected chi connectivity index (χ2v) is 7.51. The molecule has 24 heavy (non-hydrogen) atoms. The van der Waals surface area contributed by atoms with Gasteiger partial charge in [-0.25, -0.2) is 0 Å². The van der Waals surface area contributed by atoms with E-state index in [-0.39, 0.29) is 5.91 Å². The second-order valence-electron chi connectivity index (χ2n) is 5.84. The molecule has 1 saturated heterocycles. The molecule has 1 fully saturated rings. The summed E-state index contributed by atoms with van der Waals surface area (Å²) in [6.45, 7) is 2.02. The number of hydrogen-bond acceptors (Lipinski definition) is 4. The first-order valence-corrected chi connectivity index (χ1v) is 8.80. The monoisotopic (exact) mass is 354 g/mol. The lowest BCUT2D eigenvalue weighted by atomic mass is 10.1. The number of carbonyl (C=O) groups excluding carboxylic acids is 1. The Morgan fingerprint density at radius 3 is 2.25 bits per heavy atom. The summed E-state index contributed by atoms with van der Waals surface area (Å²) in [7, 11) is 4.00. The van der Waals surface area contributed by atoms with Gasteiger partial charge in [-0.05, 0) is 42.8 Å². The van der Waals surface area contributed by atoms with Crippen molar-refractivity contribution in [3.05, 3.63) is 64.6 Å². The van der Waals surface area contributed by atoms with Gasteiger partial charge in [0.05, 0.1) is 10.6 Å². The Bertz CT molecular complexity index is 808. The largest absolute Gasteiger partial charge is 0.378 e. The van der Waals surface area contributed by atoms with Crippen molar-refractivity contribution in [2.24, 2.45) is 0 Å². The summed E-state index contributed by atoms with van der Waals surface area (Å²) in [5, 5.41) is 0. The highest BCUT2D eigenvalue weighted by Gasteiger charge is 2.33. The maximum absolute atomic E-state index is 12.7. The van der Waals surface area contributed by atoms with E-state index in [0.29, 0.717) is 9.23 Å². The molecule has 0 saturated carbocycles. The first-order valence-electron chi connectivity index (χ1n) is 7.58. The minimum atomic E-state index is -0.0643. The Morgan fingerprint density at radius 1 is 1.04 bits per heavy atom. The quantitative estimate of drug-likeness (QED) is 0.599. The number of rotatable bonds is 3. The topological polar surface area (TPSA) is 23.6 Å². The van der Waals surface area contributed by atoms with Crippen LogP contribution in [0.5, 0.6) is 0 Å². The van der Waals surface area contributed by atoms with Crippen LogP contribution in [0.3, 0.4) is 0 Å². The number of amides is 1. The lowest BCUT2D eigenvalue weighted by molar-refractivity contribution is -0.113. The standard InChI is InChI=1S/C19H18N2OS2/c1-13-4-8-16(9-5-13)21-18(22)17(24-19(21)23)12-14-6-10-15(11-7-14)20(2)3/h4-12H,1-3H3/b17-12-. The number of aryl methyl sites for hydroxylation is 1. The molecule has 3 nitrogen and oxygen atoms in total. The zero-order valence-electron chi connectivity index (χ0n) is 13.8. The van der Waals surface area contributed by atoms with Crippen molar-refractivity contribution in [3.63, 3.8) is 0 Å². The molecule has 1 amide bonds. The van der Waals surface area contributed by atoms with Crippen molar-refractivity contribution in [2.45, 2.75) is 6.92 Å². The third-order valence-electron chi connectivity index (χ3n) is 3.79. The molecule has 2 aromatic carbocycles.